The van der Waals surface area contributed by atoms with E-state index in [2.05, 4.69) is 30.2 Å². The van der Waals surface area contributed by atoms with Gasteiger partial charge in [-0.1, -0.05) is 6.92 Å². The molecule has 0 aromatic carbocycles. The van der Waals surface area contributed by atoms with E-state index in [1.165, 1.54) is 11.1 Å². The van der Waals surface area contributed by atoms with Crippen LogP contribution in [0.2, 0.25) is 0 Å². The second-order valence-corrected chi connectivity index (χ2v) is 5.33. The number of hydrogen-bond acceptors (Lipinski definition) is 3. The largest absolute Gasteiger partial charge is 0.381 e. The minimum absolute atomic E-state index is 0.397. The normalized spacial score (nSPS) is 19.2. The Kier molecular flexibility index (Phi) is 4.13. The van der Waals surface area contributed by atoms with Crippen LogP contribution in [-0.4, -0.2) is 24.7 Å². The molecule has 3 heteroatoms. The van der Waals surface area contributed by atoms with Gasteiger partial charge in [0.2, 0.25) is 0 Å². The fourth-order valence-corrected chi connectivity index (χ4v) is 2.22. The van der Waals surface area contributed by atoms with Gasteiger partial charge in [0.25, 0.3) is 0 Å². The second-order valence-electron chi connectivity index (χ2n) is 5.33. The molecule has 0 aliphatic carbocycles. The fourth-order valence-electron chi connectivity index (χ4n) is 2.22. The minimum atomic E-state index is 0.397. The molecule has 1 aliphatic heterocycles. The molecule has 0 amide bonds. The summed E-state index contributed by atoms with van der Waals surface area (Å²) in [6.07, 6.45) is 6.12. The first-order valence-electron chi connectivity index (χ1n) is 6.38. The third-order valence-corrected chi connectivity index (χ3v) is 3.71. The zero-order valence-electron chi connectivity index (χ0n) is 10.8. The summed E-state index contributed by atoms with van der Waals surface area (Å²) in [5, 5.41) is 3.56. The number of pyridine rings is 1. The molecule has 1 aliphatic rings. The van der Waals surface area contributed by atoms with E-state index in [1.807, 2.05) is 12.4 Å². The van der Waals surface area contributed by atoms with Gasteiger partial charge in [-0.15, -0.1) is 0 Å². The van der Waals surface area contributed by atoms with Crippen LogP contribution in [0.5, 0.6) is 0 Å². The van der Waals surface area contributed by atoms with Crippen molar-refractivity contribution in [3.63, 3.8) is 0 Å². The Labute approximate surface area is 104 Å². The van der Waals surface area contributed by atoms with Gasteiger partial charge in [-0.3, -0.25) is 4.98 Å². The lowest BCUT2D eigenvalue weighted by molar-refractivity contribution is 0.0240. The molecule has 0 radical (unpaired) electrons. The third kappa shape index (κ3) is 3.51. The Bertz CT molecular complexity index is 359. The molecule has 1 saturated heterocycles. The van der Waals surface area contributed by atoms with E-state index in [0.717, 1.165) is 39.1 Å². The molecular weight excluding hydrogens is 212 g/mol. The number of hydrogen-bond donors (Lipinski definition) is 1. The van der Waals surface area contributed by atoms with Crippen LogP contribution in [0.4, 0.5) is 0 Å². The van der Waals surface area contributed by atoms with Crippen LogP contribution in [0.15, 0.2) is 18.5 Å². The molecule has 0 unspecified atom stereocenters. The molecule has 0 spiro atoms. The van der Waals surface area contributed by atoms with Crippen LogP contribution in [0, 0.1) is 12.3 Å². The molecule has 94 valence electrons. The van der Waals surface area contributed by atoms with Crippen LogP contribution in [0.3, 0.4) is 0 Å². The van der Waals surface area contributed by atoms with Gasteiger partial charge in [-0.05, 0) is 42.4 Å². The van der Waals surface area contributed by atoms with E-state index < -0.39 is 0 Å². The number of nitrogens with one attached hydrogen (secondary N) is 1. The van der Waals surface area contributed by atoms with Crippen LogP contribution in [0.1, 0.15) is 30.9 Å². The van der Waals surface area contributed by atoms with Crippen molar-refractivity contribution in [1.29, 1.82) is 0 Å². The Morgan fingerprint density at radius 1 is 1.41 bits per heavy atom. The molecular formula is C14H22N2O. The maximum Gasteiger partial charge on any atom is 0.0471 e. The van der Waals surface area contributed by atoms with Gasteiger partial charge < -0.3 is 10.1 Å². The standard InChI is InChI=1S/C14H22N2O/c1-12-3-6-15-9-13(12)10-16-11-14(2)4-7-17-8-5-14/h3,6,9,16H,4-5,7-8,10-11H2,1-2H3. The highest BCUT2D eigenvalue weighted by molar-refractivity contribution is 5.20. The van der Waals surface area contributed by atoms with Gasteiger partial charge in [0.1, 0.15) is 0 Å². The third-order valence-electron chi connectivity index (χ3n) is 3.71. The quantitative estimate of drug-likeness (QED) is 0.868. The lowest BCUT2D eigenvalue weighted by Crippen LogP contribution is -2.36. The number of ether oxygens (including phenoxy) is 1. The monoisotopic (exact) mass is 234 g/mol. The summed E-state index contributed by atoms with van der Waals surface area (Å²) >= 11 is 0. The number of aryl methyl sites for hydroxylation is 1. The molecule has 1 aromatic rings. The maximum absolute atomic E-state index is 5.41. The van der Waals surface area contributed by atoms with Crippen LogP contribution in [0.25, 0.3) is 0 Å². The van der Waals surface area contributed by atoms with E-state index >= 15 is 0 Å². The Hall–Kier alpha value is -0.930. The molecule has 0 bridgehead atoms. The molecule has 2 rings (SSSR count). The minimum Gasteiger partial charge on any atom is -0.381 e. The highest BCUT2D eigenvalue weighted by Gasteiger charge is 2.26. The molecule has 1 aromatic heterocycles. The maximum atomic E-state index is 5.41. The number of nitrogens with zero attached hydrogens (tertiary/aromatic N) is 1. The molecule has 2 heterocycles. The zero-order chi connectivity index (χ0) is 12.1. The summed E-state index contributed by atoms with van der Waals surface area (Å²) in [6, 6.07) is 2.06. The zero-order valence-corrected chi connectivity index (χ0v) is 10.8. The Morgan fingerprint density at radius 2 is 2.18 bits per heavy atom. The van der Waals surface area contributed by atoms with Crippen molar-refractivity contribution < 1.29 is 4.74 Å². The van der Waals surface area contributed by atoms with Gasteiger partial charge in [-0.25, -0.2) is 0 Å². The van der Waals surface area contributed by atoms with Crippen LogP contribution in [-0.2, 0) is 11.3 Å². The number of aromatic nitrogens is 1. The SMILES string of the molecule is Cc1ccncc1CNCC1(C)CCOCC1. The lowest BCUT2D eigenvalue weighted by Gasteiger charge is -2.33. The van der Waals surface area contributed by atoms with Crippen molar-refractivity contribution in [3.8, 4) is 0 Å². The predicted molar refractivity (Wildman–Crippen MR) is 68.8 cm³/mol. The molecule has 0 saturated carbocycles. The first-order valence-corrected chi connectivity index (χ1v) is 6.38. The van der Waals surface area contributed by atoms with Gasteiger partial charge in [0, 0.05) is 38.7 Å². The van der Waals surface area contributed by atoms with E-state index in [0.29, 0.717) is 5.41 Å². The lowest BCUT2D eigenvalue weighted by atomic mass is 9.82. The molecule has 1 fully saturated rings. The fraction of sp³-hybridized carbons (Fsp3) is 0.643. The first-order chi connectivity index (χ1) is 8.20. The molecule has 0 atom stereocenters. The van der Waals surface area contributed by atoms with Crippen molar-refractivity contribution in [1.82, 2.24) is 10.3 Å². The average Bonchev–Trinajstić information content (AvgIpc) is 2.32. The highest BCUT2D eigenvalue weighted by atomic mass is 16.5. The molecule has 17 heavy (non-hydrogen) atoms. The van der Waals surface area contributed by atoms with Gasteiger partial charge in [0.05, 0.1) is 0 Å². The van der Waals surface area contributed by atoms with E-state index in [1.54, 1.807) is 0 Å². The molecule has 1 N–H and O–H groups in total. The van der Waals surface area contributed by atoms with Crippen LogP contribution < -0.4 is 5.32 Å². The van der Waals surface area contributed by atoms with Crippen molar-refractivity contribution in [2.45, 2.75) is 33.2 Å². The summed E-state index contributed by atoms with van der Waals surface area (Å²) in [5.74, 6) is 0. The summed E-state index contributed by atoms with van der Waals surface area (Å²) < 4.78 is 5.41. The van der Waals surface area contributed by atoms with Gasteiger partial charge >= 0.3 is 0 Å². The van der Waals surface area contributed by atoms with E-state index in [9.17, 15) is 0 Å². The van der Waals surface area contributed by atoms with Crippen molar-refractivity contribution in [2.24, 2.45) is 5.41 Å². The van der Waals surface area contributed by atoms with E-state index in [-0.39, 0.29) is 0 Å². The predicted octanol–water partition coefficient (Wildman–Crippen LogP) is 2.30. The number of rotatable bonds is 4. The Balaban J connectivity index is 1.81. The van der Waals surface area contributed by atoms with Gasteiger partial charge in [-0.2, -0.15) is 0 Å². The van der Waals surface area contributed by atoms with Crippen molar-refractivity contribution >= 4 is 0 Å². The van der Waals surface area contributed by atoms with Gasteiger partial charge in [0.15, 0.2) is 0 Å². The average molecular weight is 234 g/mol. The second kappa shape index (κ2) is 5.61. The summed E-state index contributed by atoms with van der Waals surface area (Å²) in [6.45, 7) is 8.27. The summed E-state index contributed by atoms with van der Waals surface area (Å²) in [5.41, 5.74) is 3.00. The Morgan fingerprint density at radius 3 is 2.88 bits per heavy atom. The molecule has 3 nitrogen and oxygen atoms in total. The highest BCUT2D eigenvalue weighted by Crippen LogP contribution is 2.28. The van der Waals surface area contributed by atoms with Crippen LogP contribution >= 0.6 is 0 Å². The first kappa shape index (κ1) is 12.5. The summed E-state index contributed by atoms with van der Waals surface area (Å²) in [7, 11) is 0. The van der Waals surface area contributed by atoms with Crippen molar-refractivity contribution in [3.05, 3.63) is 29.6 Å². The smallest absolute Gasteiger partial charge is 0.0471 e. The topological polar surface area (TPSA) is 34.2 Å². The van der Waals surface area contributed by atoms with Crippen molar-refractivity contribution in [2.75, 3.05) is 19.8 Å². The van der Waals surface area contributed by atoms with E-state index in [4.69, 9.17) is 4.74 Å². The summed E-state index contributed by atoms with van der Waals surface area (Å²) in [4.78, 5) is 4.17.